The summed E-state index contributed by atoms with van der Waals surface area (Å²) in [6.07, 6.45) is 3.49. The SMILES string of the molecule is [B]c1ccccc1CC(=O)Nc1n[nH]c(-c2ccncc2)n1. The van der Waals surface area contributed by atoms with Crippen molar-refractivity contribution in [2.75, 3.05) is 5.32 Å². The highest BCUT2D eigenvalue weighted by Gasteiger charge is 2.10. The highest BCUT2D eigenvalue weighted by molar-refractivity contribution is 6.33. The molecule has 0 aliphatic carbocycles. The zero-order valence-corrected chi connectivity index (χ0v) is 11.7. The number of nitrogens with zero attached hydrogens (tertiary/aromatic N) is 3. The number of carbonyl (C=O) groups excluding carboxylic acids is 1. The minimum absolute atomic E-state index is 0.172. The summed E-state index contributed by atoms with van der Waals surface area (Å²) in [7, 11) is 5.82. The number of hydrogen-bond donors (Lipinski definition) is 2. The Bertz CT molecular complexity index is 787. The quantitative estimate of drug-likeness (QED) is 0.697. The molecule has 3 aromatic rings. The molecule has 6 nitrogen and oxygen atoms in total. The molecular formula is C15H12BN5O. The van der Waals surface area contributed by atoms with Crippen LogP contribution < -0.4 is 10.8 Å². The molecule has 0 aliphatic rings. The first-order valence-electron chi connectivity index (χ1n) is 6.68. The Morgan fingerprint density at radius 3 is 2.73 bits per heavy atom. The molecule has 2 radical (unpaired) electrons. The number of hydrogen-bond acceptors (Lipinski definition) is 4. The van der Waals surface area contributed by atoms with E-state index in [2.05, 4.69) is 25.5 Å². The van der Waals surface area contributed by atoms with Crippen LogP contribution in [0.2, 0.25) is 0 Å². The molecule has 2 heterocycles. The number of benzene rings is 1. The van der Waals surface area contributed by atoms with Gasteiger partial charge in [-0.05, 0) is 17.7 Å². The third-order valence-corrected chi connectivity index (χ3v) is 3.10. The molecule has 0 saturated carbocycles. The maximum absolute atomic E-state index is 12.0. The fraction of sp³-hybridized carbons (Fsp3) is 0.0667. The van der Waals surface area contributed by atoms with Gasteiger partial charge in [0.15, 0.2) is 5.82 Å². The van der Waals surface area contributed by atoms with E-state index in [1.54, 1.807) is 30.6 Å². The van der Waals surface area contributed by atoms with E-state index in [1.165, 1.54) is 0 Å². The first-order chi connectivity index (χ1) is 10.7. The largest absolute Gasteiger partial charge is 0.293 e. The molecule has 7 heteroatoms. The standard InChI is InChI=1S/C15H12BN5O/c16-12-4-2-1-3-11(12)9-13(22)18-15-19-14(20-21-15)10-5-7-17-8-6-10/h1-8H,9H2,(H2,18,19,20,21,22). The van der Waals surface area contributed by atoms with Crippen LogP contribution in [0.25, 0.3) is 11.4 Å². The molecule has 0 atom stereocenters. The molecule has 0 saturated heterocycles. The third-order valence-electron chi connectivity index (χ3n) is 3.10. The van der Waals surface area contributed by atoms with Crippen molar-refractivity contribution in [2.24, 2.45) is 0 Å². The van der Waals surface area contributed by atoms with Crippen LogP contribution in [0.5, 0.6) is 0 Å². The van der Waals surface area contributed by atoms with E-state index in [0.717, 1.165) is 11.1 Å². The number of pyridine rings is 1. The van der Waals surface area contributed by atoms with Crippen LogP contribution in [0.1, 0.15) is 5.56 Å². The normalized spacial score (nSPS) is 10.4. The minimum atomic E-state index is -0.224. The van der Waals surface area contributed by atoms with Gasteiger partial charge in [0.25, 0.3) is 0 Å². The molecule has 0 bridgehead atoms. The predicted molar refractivity (Wildman–Crippen MR) is 83.8 cm³/mol. The number of aromatic amines is 1. The van der Waals surface area contributed by atoms with E-state index < -0.39 is 0 Å². The molecule has 2 aromatic heterocycles. The van der Waals surface area contributed by atoms with Crippen LogP contribution in [0.15, 0.2) is 48.8 Å². The van der Waals surface area contributed by atoms with Crippen molar-refractivity contribution in [2.45, 2.75) is 6.42 Å². The minimum Gasteiger partial charge on any atom is -0.293 e. The zero-order valence-electron chi connectivity index (χ0n) is 11.7. The molecule has 0 fully saturated rings. The Hall–Kier alpha value is -2.96. The lowest BCUT2D eigenvalue weighted by molar-refractivity contribution is -0.115. The van der Waals surface area contributed by atoms with Gasteiger partial charge in [-0.3, -0.25) is 20.2 Å². The third kappa shape index (κ3) is 3.20. The summed E-state index contributed by atoms with van der Waals surface area (Å²) in [5.41, 5.74) is 2.20. The first kappa shape index (κ1) is 14.0. The van der Waals surface area contributed by atoms with Crippen LogP contribution in [0, 0.1) is 0 Å². The summed E-state index contributed by atoms with van der Waals surface area (Å²) in [5.74, 6) is 0.571. The van der Waals surface area contributed by atoms with Crippen LogP contribution >= 0.6 is 0 Å². The van der Waals surface area contributed by atoms with E-state index in [1.807, 2.05) is 18.2 Å². The zero-order chi connectivity index (χ0) is 15.4. The van der Waals surface area contributed by atoms with E-state index >= 15 is 0 Å². The molecular weight excluding hydrogens is 277 g/mol. The Morgan fingerprint density at radius 1 is 1.18 bits per heavy atom. The van der Waals surface area contributed by atoms with Gasteiger partial charge < -0.3 is 0 Å². The van der Waals surface area contributed by atoms with Crippen molar-refractivity contribution in [3.8, 4) is 11.4 Å². The lowest BCUT2D eigenvalue weighted by atomic mass is 9.89. The van der Waals surface area contributed by atoms with E-state index in [9.17, 15) is 4.79 Å². The molecule has 0 unspecified atom stereocenters. The Kier molecular flexibility index (Phi) is 3.96. The fourth-order valence-electron chi connectivity index (χ4n) is 1.99. The van der Waals surface area contributed by atoms with Gasteiger partial charge in [0.05, 0.1) is 6.42 Å². The summed E-state index contributed by atoms with van der Waals surface area (Å²) in [6.45, 7) is 0. The van der Waals surface area contributed by atoms with Crippen molar-refractivity contribution < 1.29 is 4.79 Å². The number of H-pyrrole nitrogens is 1. The monoisotopic (exact) mass is 289 g/mol. The van der Waals surface area contributed by atoms with E-state index in [4.69, 9.17) is 7.85 Å². The van der Waals surface area contributed by atoms with E-state index in [-0.39, 0.29) is 18.3 Å². The van der Waals surface area contributed by atoms with Crippen LogP contribution in [-0.2, 0) is 11.2 Å². The van der Waals surface area contributed by atoms with Gasteiger partial charge in [0, 0.05) is 18.0 Å². The molecule has 3 rings (SSSR count). The lowest BCUT2D eigenvalue weighted by Crippen LogP contribution is -2.20. The Labute approximate surface area is 128 Å². The predicted octanol–water partition coefficient (Wildman–Crippen LogP) is 0.842. The highest BCUT2D eigenvalue weighted by Crippen LogP contribution is 2.14. The second-order valence-corrected chi connectivity index (χ2v) is 4.67. The number of nitrogens with one attached hydrogen (secondary N) is 2. The second-order valence-electron chi connectivity index (χ2n) is 4.67. The number of anilines is 1. The summed E-state index contributed by atoms with van der Waals surface area (Å²) in [5, 5.41) is 9.40. The van der Waals surface area contributed by atoms with Crippen LogP contribution in [-0.4, -0.2) is 33.9 Å². The molecule has 1 amide bonds. The number of carbonyl (C=O) groups is 1. The molecule has 106 valence electrons. The molecule has 0 spiro atoms. The lowest BCUT2D eigenvalue weighted by Gasteiger charge is -2.04. The maximum Gasteiger partial charge on any atom is 0.249 e. The van der Waals surface area contributed by atoms with Gasteiger partial charge in [-0.2, -0.15) is 4.98 Å². The van der Waals surface area contributed by atoms with Crippen molar-refractivity contribution in [3.05, 3.63) is 54.4 Å². The molecule has 0 aliphatic heterocycles. The second kappa shape index (κ2) is 6.21. The highest BCUT2D eigenvalue weighted by atomic mass is 16.1. The van der Waals surface area contributed by atoms with Crippen LogP contribution in [0.4, 0.5) is 5.95 Å². The summed E-state index contributed by atoms with van der Waals surface area (Å²) < 4.78 is 0. The van der Waals surface area contributed by atoms with Crippen molar-refractivity contribution in [1.29, 1.82) is 0 Å². The maximum atomic E-state index is 12.0. The summed E-state index contributed by atoms with van der Waals surface area (Å²) in [4.78, 5) is 20.2. The Morgan fingerprint density at radius 2 is 1.95 bits per heavy atom. The van der Waals surface area contributed by atoms with Gasteiger partial charge >= 0.3 is 0 Å². The van der Waals surface area contributed by atoms with Crippen molar-refractivity contribution in [1.82, 2.24) is 20.2 Å². The molecule has 1 aromatic carbocycles. The summed E-state index contributed by atoms with van der Waals surface area (Å²) >= 11 is 0. The van der Waals surface area contributed by atoms with Gasteiger partial charge in [-0.1, -0.05) is 29.7 Å². The van der Waals surface area contributed by atoms with Crippen molar-refractivity contribution in [3.63, 3.8) is 0 Å². The number of amides is 1. The topological polar surface area (TPSA) is 83.6 Å². The van der Waals surface area contributed by atoms with Crippen LogP contribution in [0.3, 0.4) is 0 Å². The summed E-state index contributed by atoms with van der Waals surface area (Å²) in [6, 6.07) is 10.8. The van der Waals surface area contributed by atoms with Crippen molar-refractivity contribution >= 4 is 25.2 Å². The smallest absolute Gasteiger partial charge is 0.249 e. The Balaban J connectivity index is 1.68. The number of rotatable bonds is 4. The fourth-order valence-corrected chi connectivity index (χ4v) is 1.99. The average Bonchev–Trinajstić information content (AvgIpc) is 2.99. The van der Waals surface area contributed by atoms with Gasteiger partial charge in [-0.25, -0.2) is 0 Å². The van der Waals surface area contributed by atoms with E-state index in [0.29, 0.717) is 11.3 Å². The van der Waals surface area contributed by atoms with Gasteiger partial charge in [-0.15, -0.1) is 5.10 Å². The van der Waals surface area contributed by atoms with Gasteiger partial charge in [0.2, 0.25) is 11.9 Å². The average molecular weight is 289 g/mol. The molecule has 2 N–H and O–H groups in total. The first-order valence-corrected chi connectivity index (χ1v) is 6.68. The molecule has 22 heavy (non-hydrogen) atoms. The van der Waals surface area contributed by atoms with Gasteiger partial charge in [0.1, 0.15) is 7.85 Å². The number of aromatic nitrogens is 4.